The predicted octanol–water partition coefficient (Wildman–Crippen LogP) is 22.4. The van der Waals surface area contributed by atoms with Gasteiger partial charge in [-0.1, -0.05) is 211 Å². The molecule has 0 bridgehead atoms. The lowest BCUT2D eigenvalue weighted by Crippen LogP contribution is -2.29. The fourth-order valence-corrected chi connectivity index (χ4v) is 12.6. The molecule has 0 aromatic heterocycles. The largest absolute Gasteiger partial charge is 0.497 e. The van der Waals surface area contributed by atoms with Gasteiger partial charge in [-0.05, 0) is 188 Å². The van der Waals surface area contributed by atoms with E-state index in [0.29, 0.717) is 105 Å². The first-order chi connectivity index (χ1) is 67.9. The van der Waals surface area contributed by atoms with E-state index in [1.54, 1.807) is 200 Å². The lowest BCUT2D eigenvalue weighted by atomic mass is 9.90. The standard InChI is InChI=1S/C15H21NO2.C15H15NO2.C14H12ClNO2.C14H13NO2.C10H13NO3.C9H9Cl2NO2.2C9H10ClNO2.C9H6F5NO2/c2*1-16(15(17)14-10-6-3-7-11-14)18-12-13-8-4-2-5-9-13;1-18-16(13-5-3-2-4-6-13)14(17)11-7-9-12(15)10-8-11;1-15(17-13-10-6-3-7-11-13)14(16)12-8-4-2-5-9-12;1-11(14-3)10(12)8-4-6-9(13-2)7-5-8;1-12(14-2)9(13)7-4-3-6(10)5-8(7)11;1-11(13-2)9(12)7-3-5-8(10)6-4-7;1-11(13-2)9(12)7-5-3-4-6-8(7)10;1-15(17-2)9(16)3-4(10)6(12)8(14)7(13)5(3)11/h3,6-7,10-11,13H,2,4-5,8-9,12H2,1H3;2-11H,12H2,1H3;2-10H,1H3;2-11H,1H3;4-7H,1-3H3;3-5H,1-2H3;2*3-6H,1-2H3;1-2H3. The second-order valence-electron chi connectivity index (χ2n) is 29.3. The van der Waals surface area contributed by atoms with Gasteiger partial charge in [0.05, 0.1) is 83.2 Å². The lowest BCUT2D eigenvalue weighted by molar-refractivity contribution is -0.120. The van der Waals surface area contributed by atoms with Crippen molar-refractivity contribution in [3.05, 3.63) is 407 Å². The van der Waals surface area contributed by atoms with Crippen LogP contribution in [0.1, 0.15) is 131 Å². The maximum atomic E-state index is 13.1. The van der Waals surface area contributed by atoms with Crippen molar-refractivity contribution in [2.45, 2.75) is 38.7 Å². The SMILES string of the molecule is CN(OCC1CCCCC1)C(=O)c1ccccc1.CN(OCc1ccccc1)C(=O)c1ccccc1.CN(Oc1ccccc1)C(=O)c1ccccc1.CON(C(=O)c1ccc(Cl)cc1)c1ccccc1.CON(C)C(=O)c1c(F)c(F)c(F)c(F)c1F.CON(C)C(=O)c1ccc(Cl)cc1.CON(C)C(=O)c1ccc(Cl)cc1Cl.CON(C)C(=O)c1ccccc1Cl.COc1ccc(C(=O)N(C)OC)cc1. The maximum absolute atomic E-state index is 13.1. The third-order valence-electron chi connectivity index (χ3n) is 19.8. The summed E-state index contributed by atoms with van der Waals surface area (Å²) in [4.78, 5) is 150. The fraction of sp³-hybridized carbons (Fsp3) is 0.221. The number of ether oxygens (including phenoxy) is 1. The number of anilines is 1. The van der Waals surface area contributed by atoms with Gasteiger partial charge in [0.2, 0.25) is 5.82 Å². The van der Waals surface area contributed by atoms with E-state index in [4.69, 9.17) is 101 Å². The molecule has 1 aliphatic rings. The minimum atomic E-state index is -2.32. The summed E-state index contributed by atoms with van der Waals surface area (Å²) in [5.74, 6) is -12.2. The highest BCUT2D eigenvalue weighted by Crippen LogP contribution is 2.28. The molecule has 1 fully saturated rings. The minimum Gasteiger partial charge on any atom is -0.497 e. The molecule has 0 heterocycles. The first-order valence-electron chi connectivity index (χ1n) is 42.8. The number of hydrogen-bond acceptors (Lipinski definition) is 19. The van der Waals surface area contributed by atoms with E-state index < -0.39 is 40.6 Å². The van der Waals surface area contributed by atoms with E-state index >= 15 is 0 Å². The highest BCUT2D eigenvalue weighted by molar-refractivity contribution is 6.37. The molecular weight excluding hydrogens is 1950 g/mol. The molecule has 0 saturated heterocycles. The van der Waals surface area contributed by atoms with Crippen molar-refractivity contribution < 1.29 is 113 Å². The molecule has 13 rings (SSSR count). The van der Waals surface area contributed by atoms with Gasteiger partial charge < -0.3 is 9.57 Å². The van der Waals surface area contributed by atoms with Gasteiger partial charge in [-0.15, -0.1) is 0 Å². The monoisotopic (exact) mass is 2060 g/mol. The smallest absolute Gasteiger partial charge is 0.286 e. The Morgan fingerprint density at radius 1 is 0.289 bits per heavy atom. The van der Waals surface area contributed by atoms with E-state index in [-0.39, 0.29) is 47.3 Å². The van der Waals surface area contributed by atoms with E-state index in [2.05, 4.69) is 4.84 Å². The van der Waals surface area contributed by atoms with Crippen LogP contribution in [-0.4, -0.2) is 206 Å². The lowest BCUT2D eigenvalue weighted by Gasteiger charge is -2.24. The van der Waals surface area contributed by atoms with Crippen LogP contribution in [0.3, 0.4) is 0 Å². The number of hydrogen-bond donors (Lipinski definition) is 0. The van der Waals surface area contributed by atoms with Crippen LogP contribution in [0.5, 0.6) is 11.5 Å². The summed E-state index contributed by atoms with van der Waals surface area (Å²) in [5, 5.41) is 12.4. The predicted molar refractivity (Wildman–Crippen MR) is 532 cm³/mol. The quantitative estimate of drug-likeness (QED) is 0.0222. The number of para-hydroxylation sites is 2. The van der Waals surface area contributed by atoms with Gasteiger partial charge in [-0.25, -0.2) is 57.4 Å². The van der Waals surface area contributed by atoms with Crippen LogP contribution in [-0.2, 0) is 45.3 Å². The molecular formula is C104H109Cl5F5N9O19. The van der Waals surface area contributed by atoms with Crippen molar-refractivity contribution in [3.8, 4) is 11.5 Å². The Labute approximate surface area is 846 Å². The second kappa shape index (κ2) is 63.8. The number of halogens is 10. The molecule has 1 saturated carbocycles. The van der Waals surface area contributed by atoms with E-state index in [9.17, 15) is 65.1 Å². The number of hydroxylamine groups is 17. The maximum Gasteiger partial charge on any atom is 0.286 e. The molecule has 28 nitrogen and oxygen atoms in total. The van der Waals surface area contributed by atoms with Gasteiger partial charge >= 0.3 is 0 Å². The Bertz CT molecular complexity index is 5880. The van der Waals surface area contributed by atoms with Crippen LogP contribution in [0.4, 0.5) is 27.6 Å². The topological polar surface area (TPSA) is 275 Å². The highest BCUT2D eigenvalue weighted by Gasteiger charge is 2.32. The van der Waals surface area contributed by atoms with Crippen molar-refractivity contribution in [1.29, 1.82) is 0 Å². The summed E-state index contributed by atoms with van der Waals surface area (Å²) < 4.78 is 69.4. The van der Waals surface area contributed by atoms with Crippen LogP contribution in [0.2, 0.25) is 25.1 Å². The van der Waals surface area contributed by atoms with Crippen molar-refractivity contribution in [2.75, 3.05) is 118 Å². The molecule has 9 amide bonds. The minimum absolute atomic E-state index is 0.0774. The first-order valence-corrected chi connectivity index (χ1v) is 44.7. The molecule has 142 heavy (non-hydrogen) atoms. The van der Waals surface area contributed by atoms with Gasteiger partial charge in [0.25, 0.3) is 53.2 Å². The average molecular weight is 2060 g/mol. The van der Waals surface area contributed by atoms with Gasteiger partial charge in [-0.3, -0.25) is 81.9 Å². The van der Waals surface area contributed by atoms with E-state index in [0.717, 1.165) is 40.7 Å². The molecule has 0 aliphatic heterocycles. The van der Waals surface area contributed by atoms with Crippen LogP contribution >= 0.6 is 58.0 Å². The van der Waals surface area contributed by atoms with Crippen LogP contribution in [0.15, 0.2) is 297 Å². The Hall–Kier alpha value is -13.8. The number of rotatable bonds is 25. The Kier molecular flexibility index (Phi) is 53.4. The number of amides is 9. The van der Waals surface area contributed by atoms with Crippen LogP contribution in [0.25, 0.3) is 0 Å². The third-order valence-corrected chi connectivity index (χ3v) is 21.1. The summed E-state index contributed by atoms with van der Waals surface area (Å²) in [7, 11) is 21.8. The average Bonchev–Trinajstić information content (AvgIpc) is 0.780. The summed E-state index contributed by atoms with van der Waals surface area (Å²) in [6.07, 6.45) is 6.39. The fourth-order valence-electron chi connectivity index (χ4n) is 11.7. The van der Waals surface area contributed by atoms with Crippen molar-refractivity contribution in [3.63, 3.8) is 0 Å². The first kappa shape index (κ1) is 119. The molecule has 0 atom stereocenters. The number of nitrogens with zero attached hydrogens (tertiary/aromatic N) is 9. The molecule has 12 aromatic carbocycles. The molecule has 38 heteroatoms. The van der Waals surface area contributed by atoms with Gasteiger partial charge in [0, 0.05) is 105 Å². The van der Waals surface area contributed by atoms with E-state index in [1.807, 2.05) is 133 Å². The normalized spacial score (nSPS) is 10.8. The Balaban J connectivity index is 0.000000282. The number of methoxy groups -OCH3 is 1. The molecule has 0 unspecified atom stereocenters. The Morgan fingerprint density at radius 2 is 0.613 bits per heavy atom. The molecule has 0 radical (unpaired) electrons. The second-order valence-corrected chi connectivity index (χ2v) is 31.4. The van der Waals surface area contributed by atoms with E-state index in [1.165, 1.54) is 113 Å². The summed E-state index contributed by atoms with van der Waals surface area (Å²) in [6.45, 7) is 1.05. The van der Waals surface area contributed by atoms with Crippen molar-refractivity contribution in [1.82, 2.24) is 40.5 Å². The third kappa shape index (κ3) is 39.4. The molecule has 0 spiro atoms. The number of carbonyl (C=O) groups excluding carboxylic acids is 9. The van der Waals surface area contributed by atoms with Gasteiger partial charge in [0.1, 0.15) is 17.9 Å². The molecule has 754 valence electrons. The highest BCUT2D eigenvalue weighted by atomic mass is 35.5. The number of benzene rings is 12. The summed E-state index contributed by atoms with van der Waals surface area (Å²) in [5.41, 5.74) is 4.47. The van der Waals surface area contributed by atoms with Crippen LogP contribution in [0, 0.1) is 35.0 Å². The zero-order chi connectivity index (χ0) is 105. The summed E-state index contributed by atoms with van der Waals surface area (Å²) in [6, 6.07) is 87.2. The molecule has 1 aliphatic carbocycles. The molecule has 12 aromatic rings. The Morgan fingerprint density at radius 3 is 1.01 bits per heavy atom. The van der Waals surface area contributed by atoms with Crippen molar-refractivity contribution in [2.24, 2.45) is 5.92 Å². The molecule has 0 N–H and O–H groups in total. The number of carbonyl (C=O) groups is 9. The zero-order valence-corrected chi connectivity index (χ0v) is 84.2. The van der Waals surface area contributed by atoms with Gasteiger partial charge in [-0.2, -0.15) is 10.1 Å². The van der Waals surface area contributed by atoms with Gasteiger partial charge in [0.15, 0.2) is 29.0 Å². The van der Waals surface area contributed by atoms with Crippen molar-refractivity contribution >= 4 is 117 Å². The zero-order valence-electron chi connectivity index (χ0n) is 80.4. The van der Waals surface area contributed by atoms with Crippen LogP contribution < -0.4 is 14.6 Å². The summed E-state index contributed by atoms with van der Waals surface area (Å²) >= 11 is 28.8.